The smallest absolute Gasteiger partial charge is 0.126 e. The van der Waals surface area contributed by atoms with Crippen molar-refractivity contribution in [2.24, 2.45) is 0 Å². The lowest BCUT2D eigenvalue weighted by atomic mass is 9.91. The third-order valence-electron chi connectivity index (χ3n) is 3.05. The van der Waals surface area contributed by atoms with Crippen molar-refractivity contribution in [1.29, 1.82) is 0 Å². The maximum absolute atomic E-state index is 6.26. The van der Waals surface area contributed by atoms with Crippen LogP contribution in [0.4, 0.5) is 0 Å². The van der Waals surface area contributed by atoms with Gasteiger partial charge in [0, 0.05) is 10.6 Å². The van der Waals surface area contributed by atoms with E-state index in [1.807, 2.05) is 19.9 Å². The Labute approximate surface area is 115 Å². The van der Waals surface area contributed by atoms with Crippen molar-refractivity contribution in [2.75, 3.05) is 12.4 Å². The van der Waals surface area contributed by atoms with E-state index in [0.717, 1.165) is 34.1 Å². The normalized spacial score (nSPS) is 12.6. The fraction of sp³-hybridized carbons (Fsp3) is 0.571. The summed E-state index contributed by atoms with van der Waals surface area (Å²) in [6.07, 6.45) is 1.03. The van der Waals surface area contributed by atoms with Crippen LogP contribution < -0.4 is 4.74 Å². The highest BCUT2D eigenvalue weighted by atomic mass is 35.5. The predicted octanol–water partition coefficient (Wildman–Crippen LogP) is 4.78. The minimum absolute atomic E-state index is 0.423. The van der Waals surface area contributed by atoms with Crippen molar-refractivity contribution in [3.8, 4) is 5.75 Å². The van der Waals surface area contributed by atoms with Gasteiger partial charge in [-0.2, -0.15) is 12.6 Å². The number of thiol groups is 1. The summed E-state index contributed by atoms with van der Waals surface area (Å²) in [5, 5.41) is 0.826. The SMILES string of the molecule is CCOc1c(C)cc(Cl)c(C)c1C(C)CCS. The first-order chi connectivity index (χ1) is 8.02. The molecule has 0 aliphatic rings. The molecular weight excluding hydrogens is 252 g/mol. The van der Waals surface area contributed by atoms with E-state index in [1.165, 1.54) is 5.56 Å². The molecule has 0 aliphatic carbocycles. The monoisotopic (exact) mass is 272 g/mol. The van der Waals surface area contributed by atoms with Crippen LogP contribution in [-0.2, 0) is 0 Å². The van der Waals surface area contributed by atoms with Gasteiger partial charge in [-0.05, 0) is 56.1 Å². The Morgan fingerprint density at radius 1 is 1.41 bits per heavy atom. The fourth-order valence-electron chi connectivity index (χ4n) is 2.14. The summed E-state index contributed by atoms with van der Waals surface area (Å²) in [6, 6.07) is 1.98. The molecule has 17 heavy (non-hydrogen) atoms. The third-order valence-corrected chi connectivity index (χ3v) is 3.70. The first-order valence-electron chi connectivity index (χ1n) is 6.06. The molecule has 1 aromatic rings. The molecule has 0 saturated heterocycles. The minimum Gasteiger partial charge on any atom is -0.493 e. The van der Waals surface area contributed by atoms with Crippen LogP contribution in [0.1, 0.15) is 42.9 Å². The van der Waals surface area contributed by atoms with Gasteiger partial charge in [-0.25, -0.2) is 0 Å². The summed E-state index contributed by atoms with van der Waals surface area (Å²) < 4.78 is 5.79. The minimum atomic E-state index is 0.423. The second kappa shape index (κ2) is 6.55. The van der Waals surface area contributed by atoms with Crippen molar-refractivity contribution in [3.05, 3.63) is 27.8 Å². The summed E-state index contributed by atoms with van der Waals surface area (Å²) in [5.74, 6) is 2.30. The molecule has 1 unspecified atom stereocenters. The summed E-state index contributed by atoms with van der Waals surface area (Å²) in [4.78, 5) is 0. The number of aryl methyl sites for hydroxylation is 1. The quantitative estimate of drug-likeness (QED) is 0.759. The fourth-order valence-corrected chi connectivity index (χ4v) is 2.80. The van der Waals surface area contributed by atoms with Crippen molar-refractivity contribution >= 4 is 24.2 Å². The summed E-state index contributed by atoms with van der Waals surface area (Å²) >= 11 is 10.6. The van der Waals surface area contributed by atoms with Gasteiger partial charge in [-0.15, -0.1) is 0 Å². The molecule has 1 aromatic carbocycles. The van der Waals surface area contributed by atoms with Gasteiger partial charge < -0.3 is 4.74 Å². The summed E-state index contributed by atoms with van der Waals surface area (Å²) in [6.45, 7) is 9.01. The molecule has 0 heterocycles. The van der Waals surface area contributed by atoms with Crippen LogP contribution >= 0.6 is 24.2 Å². The summed E-state index contributed by atoms with van der Waals surface area (Å²) in [7, 11) is 0. The van der Waals surface area contributed by atoms with E-state index in [0.29, 0.717) is 12.5 Å². The maximum Gasteiger partial charge on any atom is 0.126 e. The van der Waals surface area contributed by atoms with Crippen molar-refractivity contribution in [3.63, 3.8) is 0 Å². The van der Waals surface area contributed by atoms with E-state index in [1.54, 1.807) is 0 Å². The lowest BCUT2D eigenvalue weighted by Crippen LogP contribution is -2.06. The Morgan fingerprint density at radius 2 is 2.06 bits per heavy atom. The number of hydrogen-bond acceptors (Lipinski definition) is 2. The van der Waals surface area contributed by atoms with Gasteiger partial charge in [0.15, 0.2) is 0 Å². The average molecular weight is 273 g/mol. The molecule has 0 amide bonds. The molecule has 0 radical (unpaired) electrons. The molecule has 96 valence electrons. The Morgan fingerprint density at radius 3 is 2.59 bits per heavy atom. The van der Waals surface area contributed by atoms with Crippen LogP contribution in [0, 0.1) is 13.8 Å². The molecule has 0 spiro atoms. The van der Waals surface area contributed by atoms with Gasteiger partial charge in [-0.3, -0.25) is 0 Å². The van der Waals surface area contributed by atoms with E-state index >= 15 is 0 Å². The molecule has 0 aromatic heterocycles. The van der Waals surface area contributed by atoms with Gasteiger partial charge >= 0.3 is 0 Å². The molecule has 1 nitrogen and oxygen atoms in total. The molecule has 0 aliphatic heterocycles. The number of benzene rings is 1. The number of rotatable bonds is 5. The van der Waals surface area contributed by atoms with Crippen LogP contribution in [0.3, 0.4) is 0 Å². The van der Waals surface area contributed by atoms with E-state index in [9.17, 15) is 0 Å². The molecule has 0 bridgehead atoms. The van der Waals surface area contributed by atoms with Crippen molar-refractivity contribution in [2.45, 2.75) is 40.0 Å². The van der Waals surface area contributed by atoms with E-state index in [4.69, 9.17) is 16.3 Å². The van der Waals surface area contributed by atoms with Gasteiger partial charge in [-0.1, -0.05) is 18.5 Å². The lowest BCUT2D eigenvalue weighted by Gasteiger charge is -2.21. The Kier molecular flexibility index (Phi) is 5.68. The molecule has 1 atom stereocenters. The highest BCUT2D eigenvalue weighted by molar-refractivity contribution is 7.80. The van der Waals surface area contributed by atoms with Crippen LogP contribution in [0.15, 0.2) is 6.07 Å². The maximum atomic E-state index is 6.26. The Balaban J connectivity index is 3.30. The molecular formula is C14H21ClOS. The molecule has 0 fully saturated rings. The van der Waals surface area contributed by atoms with Crippen LogP contribution in [0.2, 0.25) is 5.02 Å². The topological polar surface area (TPSA) is 9.23 Å². The van der Waals surface area contributed by atoms with Gasteiger partial charge in [0.1, 0.15) is 5.75 Å². The Hall–Kier alpha value is -0.340. The number of hydrogen-bond donors (Lipinski definition) is 1. The van der Waals surface area contributed by atoms with E-state index < -0.39 is 0 Å². The number of halogens is 1. The zero-order valence-corrected chi connectivity index (χ0v) is 12.7. The number of ether oxygens (including phenoxy) is 1. The van der Waals surface area contributed by atoms with E-state index in [-0.39, 0.29) is 0 Å². The molecule has 0 N–H and O–H groups in total. The van der Waals surface area contributed by atoms with Crippen molar-refractivity contribution in [1.82, 2.24) is 0 Å². The highest BCUT2D eigenvalue weighted by Crippen LogP contribution is 2.38. The first kappa shape index (κ1) is 14.7. The van der Waals surface area contributed by atoms with Crippen LogP contribution in [-0.4, -0.2) is 12.4 Å². The highest BCUT2D eigenvalue weighted by Gasteiger charge is 2.18. The lowest BCUT2D eigenvalue weighted by molar-refractivity contribution is 0.331. The van der Waals surface area contributed by atoms with Crippen LogP contribution in [0.25, 0.3) is 0 Å². The van der Waals surface area contributed by atoms with Crippen molar-refractivity contribution < 1.29 is 4.74 Å². The average Bonchev–Trinajstić information content (AvgIpc) is 2.26. The zero-order chi connectivity index (χ0) is 13.0. The van der Waals surface area contributed by atoms with E-state index in [2.05, 4.69) is 26.5 Å². The van der Waals surface area contributed by atoms with Crippen LogP contribution in [0.5, 0.6) is 5.75 Å². The Bertz CT molecular complexity index is 390. The zero-order valence-electron chi connectivity index (χ0n) is 11.0. The summed E-state index contributed by atoms with van der Waals surface area (Å²) in [5.41, 5.74) is 3.49. The third kappa shape index (κ3) is 3.32. The molecule has 0 saturated carbocycles. The van der Waals surface area contributed by atoms with Gasteiger partial charge in [0.05, 0.1) is 6.61 Å². The van der Waals surface area contributed by atoms with Gasteiger partial charge in [0.2, 0.25) is 0 Å². The second-order valence-electron chi connectivity index (χ2n) is 4.39. The standard InChI is InChI=1S/C14H21ClOS/c1-5-16-14-10(3)8-12(15)11(4)13(14)9(2)6-7-17/h8-9,17H,5-7H2,1-4H3. The second-order valence-corrected chi connectivity index (χ2v) is 5.24. The predicted molar refractivity (Wildman–Crippen MR) is 79.0 cm³/mol. The molecule has 3 heteroatoms. The largest absolute Gasteiger partial charge is 0.493 e. The van der Waals surface area contributed by atoms with Gasteiger partial charge in [0.25, 0.3) is 0 Å². The molecule has 1 rings (SSSR count). The first-order valence-corrected chi connectivity index (χ1v) is 7.07.